The van der Waals surface area contributed by atoms with Gasteiger partial charge in [-0.05, 0) is 53.8 Å². The molecule has 0 amide bonds. The number of nitrogens with zero attached hydrogens (tertiary/aromatic N) is 1. The van der Waals surface area contributed by atoms with Crippen molar-refractivity contribution < 1.29 is 68.6 Å². The van der Waals surface area contributed by atoms with Crippen LogP contribution < -0.4 is 0 Å². The molecule has 55 heavy (non-hydrogen) atoms. The third-order valence-corrected chi connectivity index (χ3v) is 12.1. The van der Waals surface area contributed by atoms with E-state index in [2.05, 4.69) is 0 Å². The van der Waals surface area contributed by atoms with Gasteiger partial charge in [0.05, 0.1) is 58.9 Å². The van der Waals surface area contributed by atoms with Gasteiger partial charge in [-0.15, -0.1) is 0 Å². The summed E-state index contributed by atoms with van der Waals surface area (Å²) < 4.78 is 37.5. The van der Waals surface area contributed by atoms with Crippen molar-refractivity contribution in [1.82, 2.24) is 4.90 Å². The Morgan fingerprint density at radius 2 is 1.42 bits per heavy atom. The first-order valence-corrected chi connectivity index (χ1v) is 19.2. The van der Waals surface area contributed by atoms with Gasteiger partial charge in [0.1, 0.15) is 29.5 Å². The number of phenolic OH excluding ortho intramolecular Hbond substituents is 3. The Morgan fingerprint density at radius 3 is 2.07 bits per heavy atom. The molecule has 6 N–H and O–H groups in total. The van der Waals surface area contributed by atoms with E-state index in [1.54, 1.807) is 20.8 Å². The van der Waals surface area contributed by atoms with Gasteiger partial charge in [-0.1, -0.05) is 19.1 Å². The van der Waals surface area contributed by atoms with Crippen LogP contribution in [0.4, 0.5) is 0 Å². The van der Waals surface area contributed by atoms with Crippen LogP contribution in [0.5, 0.6) is 17.2 Å². The van der Waals surface area contributed by atoms with Crippen molar-refractivity contribution in [2.75, 3.05) is 14.1 Å². The third-order valence-electron chi connectivity index (χ3n) is 12.1. The molecular weight excluding hydrogens is 718 g/mol. The molecule has 3 saturated heterocycles. The van der Waals surface area contributed by atoms with Gasteiger partial charge in [0, 0.05) is 54.8 Å². The molecule has 2 aliphatic carbocycles. The molecule has 13 atom stereocenters. The molecule has 0 unspecified atom stereocenters. The number of aliphatic hydroxyl groups is 3. The first-order chi connectivity index (χ1) is 26.0. The standard InChI is InChI=1S/C40H53NO14/c1-7-40(49)15-21-31(37(48)33-32(35(21)46)34(45)20-9-8-10-24(43)30(20)36(33)47)26(16-40)53-28-13-22(41(5)6)38(18(3)51-28)55-29-14-25(44)39(19(4)52-29)54-27-12-11-23(42)17(2)50-27/h8-10,17-19,22-23,25-29,38-39,42-44,46,48-49H,7,11-16H2,1-6H3/t17-,18-,19-,22-,23-,25-,26-,27-,28-,29-,38+,39+,40-/m0/s1. The number of phenols is 3. The van der Waals surface area contributed by atoms with Crippen molar-refractivity contribution in [3.05, 3.63) is 51.6 Å². The van der Waals surface area contributed by atoms with Gasteiger partial charge in [0.2, 0.25) is 5.78 Å². The fourth-order valence-electron chi connectivity index (χ4n) is 8.91. The van der Waals surface area contributed by atoms with Gasteiger partial charge in [-0.25, -0.2) is 0 Å². The van der Waals surface area contributed by atoms with E-state index in [0.29, 0.717) is 12.8 Å². The maximum absolute atomic E-state index is 13.8. The minimum absolute atomic E-state index is 0.00657. The molecule has 0 aromatic heterocycles. The highest BCUT2D eigenvalue weighted by Crippen LogP contribution is 2.53. The maximum atomic E-state index is 13.8. The van der Waals surface area contributed by atoms with E-state index < -0.39 is 102 Å². The van der Waals surface area contributed by atoms with Crippen LogP contribution in [0, 0.1) is 0 Å². The van der Waals surface area contributed by atoms with Crippen LogP contribution in [0.3, 0.4) is 0 Å². The first-order valence-electron chi connectivity index (χ1n) is 19.2. The van der Waals surface area contributed by atoms with Crippen LogP contribution in [0.15, 0.2) is 18.2 Å². The maximum Gasteiger partial charge on any atom is 0.202 e. The van der Waals surface area contributed by atoms with E-state index in [4.69, 9.17) is 28.4 Å². The molecule has 15 heteroatoms. The van der Waals surface area contributed by atoms with Crippen LogP contribution in [0.25, 0.3) is 0 Å². The Hall–Kier alpha value is -3.22. The Morgan fingerprint density at radius 1 is 0.782 bits per heavy atom. The van der Waals surface area contributed by atoms with Gasteiger partial charge in [0.25, 0.3) is 0 Å². The van der Waals surface area contributed by atoms with Gasteiger partial charge >= 0.3 is 0 Å². The fraction of sp³-hybridized carbons (Fsp3) is 0.650. The molecule has 3 heterocycles. The number of likely N-dealkylation sites (N-methyl/N-ethyl adjacent to an activating group) is 1. The molecule has 0 saturated carbocycles. The van der Waals surface area contributed by atoms with E-state index in [9.17, 15) is 40.2 Å². The van der Waals surface area contributed by atoms with Crippen molar-refractivity contribution in [3.63, 3.8) is 0 Å². The highest BCUT2D eigenvalue weighted by atomic mass is 16.7. The van der Waals surface area contributed by atoms with E-state index in [-0.39, 0.29) is 72.1 Å². The van der Waals surface area contributed by atoms with Gasteiger partial charge in [0.15, 0.2) is 24.7 Å². The minimum Gasteiger partial charge on any atom is -0.507 e. The largest absolute Gasteiger partial charge is 0.507 e. The summed E-state index contributed by atoms with van der Waals surface area (Å²) in [6, 6.07) is 3.77. The average Bonchev–Trinajstić information content (AvgIpc) is 3.12. The minimum atomic E-state index is -1.39. The van der Waals surface area contributed by atoms with E-state index >= 15 is 0 Å². The molecule has 3 aliphatic heterocycles. The van der Waals surface area contributed by atoms with Crippen LogP contribution in [0.2, 0.25) is 0 Å². The molecule has 0 bridgehead atoms. The zero-order chi connectivity index (χ0) is 39.7. The van der Waals surface area contributed by atoms with E-state index in [1.165, 1.54) is 18.2 Å². The lowest BCUT2D eigenvalue weighted by molar-refractivity contribution is -0.328. The number of benzene rings is 2. The summed E-state index contributed by atoms with van der Waals surface area (Å²) in [6.07, 6.45) is -5.89. The predicted octanol–water partition coefficient (Wildman–Crippen LogP) is 2.94. The topological polar surface area (TPSA) is 214 Å². The molecule has 0 spiro atoms. The third kappa shape index (κ3) is 7.29. The quantitative estimate of drug-likeness (QED) is 0.182. The van der Waals surface area contributed by atoms with Crippen molar-refractivity contribution in [2.24, 2.45) is 0 Å². The summed E-state index contributed by atoms with van der Waals surface area (Å²) in [5, 5.41) is 66.7. The number of rotatable bonds is 8. The highest BCUT2D eigenvalue weighted by Gasteiger charge is 2.49. The number of aromatic hydroxyl groups is 3. The van der Waals surface area contributed by atoms with E-state index in [1.807, 2.05) is 25.9 Å². The number of hydrogen-bond donors (Lipinski definition) is 6. The summed E-state index contributed by atoms with van der Waals surface area (Å²) in [4.78, 5) is 29.4. The summed E-state index contributed by atoms with van der Waals surface area (Å²) in [6.45, 7) is 7.19. The zero-order valence-corrected chi connectivity index (χ0v) is 32.0. The Labute approximate surface area is 319 Å². The number of carbonyl (C=O) groups excluding carboxylic acids is 2. The molecule has 0 radical (unpaired) electrons. The predicted molar refractivity (Wildman–Crippen MR) is 193 cm³/mol. The van der Waals surface area contributed by atoms with Crippen LogP contribution in [0.1, 0.15) is 115 Å². The molecule has 5 aliphatic rings. The number of ether oxygens (including phenoxy) is 6. The lowest BCUT2D eigenvalue weighted by Gasteiger charge is -2.47. The number of hydrogen-bond acceptors (Lipinski definition) is 15. The van der Waals surface area contributed by atoms with Gasteiger partial charge in [-0.3, -0.25) is 9.59 Å². The van der Waals surface area contributed by atoms with Crippen LogP contribution in [-0.4, -0.2) is 134 Å². The van der Waals surface area contributed by atoms with Crippen LogP contribution >= 0.6 is 0 Å². The Kier molecular flexibility index (Phi) is 11.1. The van der Waals surface area contributed by atoms with Gasteiger partial charge < -0.3 is 64.0 Å². The fourth-order valence-corrected chi connectivity index (χ4v) is 8.91. The number of fused-ring (bicyclic) bond motifs is 3. The summed E-state index contributed by atoms with van der Waals surface area (Å²) in [7, 11) is 3.78. The first kappa shape index (κ1) is 40.0. The van der Waals surface area contributed by atoms with Crippen molar-refractivity contribution >= 4 is 11.6 Å². The summed E-state index contributed by atoms with van der Waals surface area (Å²) in [5.74, 6) is -3.06. The highest BCUT2D eigenvalue weighted by molar-refractivity contribution is 6.31. The monoisotopic (exact) mass is 771 g/mol. The summed E-state index contributed by atoms with van der Waals surface area (Å²) >= 11 is 0. The zero-order valence-electron chi connectivity index (χ0n) is 32.0. The number of ketones is 2. The molecule has 302 valence electrons. The molecule has 3 fully saturated rings. The van der Waals surface area contributed by atoms with Crippen molar-refractivity contribution in [2.45, 2.75) is 152 Å². The lowest BCUT2D eigenvalue weighted by atomic mass is 9.72. The Balaban J connectivity index is 1.10. The Bertz CT molecular complexity index is 1790. The molecule has 2 aromatic carbocycles. The molecule has 7 rings (SSSR count). The smallest absolute Gasteiger partial charge is 0.202 e. The summed E-state index contributed by atoms with van der Waals surface area (Å²) in [5.41, 5.74) is -2.39. The molecule has 2 aromatic rings. The second-order valence-electron chi connectivity index (χ2n) is 16.0. The average molecular weight is 772 g/mol. The molecule has 15 nitrogen and oxygen atoms in total. The normalized spacial score (nSPS) is 37.7. The second kappa shape index (κ2) is 15.3. The van der Waals surface area contributed by atoms with Crippen LogP contribution in [-0.2, 0) is 34.8 Å². The molecular formula is C40H53NO14. The van der Waals surface area contributed by atoms with Crippen molar-refractivity contribution in [1.29, 1.82) is 0 Å². The SMILES string of the molecule is CC[C@]1(O)Cc2c(O)c3c(c(O)c2[C@@H](O[C@H]2C[C@H](N(C)C)[C@H](O[C@H]4C[C@H](O)[C@H](O[C@H]5CC[C@H](O)[C@H](C)O5)[C@H](C)O4)[C@H](C)O2)C1)C(=O)c1c(O)cccc1C3=O. The lowest BCUT2D eigenvalue weighted by Crippen LogP contribution is -2.58. The number of aliphatic hydroxyl groups excluding tert-OH is 2. The van der Waals surface area contributed by atoms with Gasteiger partial charge in [-0.2, -0.15) is 0 Å². The van der Waals surface area contributed by atoms with E-state index in [0.717, 1.165) is 0 Å². The number of carbonyl (C=O) groups is 2. The van der Waals surface area contributed by atoms with Crippen molar-refractivity contribution in [3.8, 4) is 17.2 Å². The second-order valence-corrected chi connectivity index (χ2v) is 16.0.